The van der Waals surface area contributed by atoms with E-state index in [9.17, 15) is 8.42 Å². The summed E-state index contributed by atoms with van der Waals surface area (Å²) < 4.78 is 24.4. The number of halogens is 2. The Labute approximate surface area is 133 Å². The lowest BCUT2D eigenvalue weighted by Gasteiger charge is -2.29. The minimum absolute atomic E-state index is 0.186. The molecule has 1 aromatic rings. The molecule has 6 heteroatoms. The van der Waals surface area contributed by atoms with E-state index in [0.29, 0.717) is 11.4 Å². The molecule has 0 heterocycles. The van der Waals surface area contributed by atoms with Gasteiger partial charge in [0.15, 0.2) is 0 Å². The Balaban J connectivity index is 2.07. The minimum Gasteiger partial charge on any atom is -0.381 e. The average Bonchev–Trinajstić information content (AvgIpc) is 2.32. The fourth-order valence-electron chi connectivity index (χ4n) is 2.49. The first-order valence-electron chi connectivity index (χ1n) is 6.26. The van der Waals surface area contributed by atoms with Gasteiger partial charge >= 0.3 is 0 Å². The molecule has 0 amide bonds. The second kappa shape index (κ2) is 6.18. The molecule has 1 aliphatic rings. The lowest BCUT2D eigenvalue weighted by molar-refractivity contribution is 0.453. The van der Waals surface area contributed by atoms with Gasteiger partial charge in [0.1, 0.15) is 9.84 Å². The van der Waals surface area contributed by atoms with Crippen LogP contribution in [-0.4, -0.2) is 26.0 Å². The van der Waals surface area contributed by atoms with E-state index in [1.807, 2.05) is 18.2 Å². The van der Waals surface area contributed by atoms with Crippen molar-refractivity contribution in [3.05, 3.63) is 26.8 Å². The van der Waals surface area contributed by atoms with Gasteiger partial charge in [-0.15, -0.1) is 0 Å². The van der Waals surface area contributed by atoms with Crippen molar-refractivity contribution in [3.63, 3.8) is 0 Å². The van der Waals surface area contributed by atoms with E-state index in [1.54, 1.807) is 0 Å². The zero-order valence-electron chi connectivity index (χ0n) is 10.7. The first-order valence-corrected chi connectivity index (χ1v) is 9.68. The van der Waals surface area contributed by atoms with Crippen LogP contribution in [0.1, 0.15) is 25.7 Å². The zero-order valence-corrected chi connectivity index (χ0v) is 14.4. The van der Waals surface area contributed by atoms with E-state index in [0.717, 1.165) is 28.5 Å². The number of hydrogen-bond acceptors (Lipinski definition) is 3. The maximum Gasteiger partial charge on any atom is 0.150 e. The van der Waals surface area contributed by atoms with Crippen molar-refractivity contribution in [2.24, 2.45) is 0 Å². The lowest BCUT2D eigenvalue weighted by Crippen LogP contribution is -2.34. The summed E-state index contributed by atoms with van der Waals surface area (Å²) in [5.74, 6) is 0. The molecule has 106 valence electrons. The highest BCUT2D eigenvalue weighted by Gasteiger charge is 2.28. The van der Waals surface area contributed by atoms with E-state index in [4.69, 9.17) is 11.6 Å². The van der Waals surface area contributed by atoms with Crippen LogP contribution in [0.2, 0.25) is 5.02 Å². The summed E-state index contributed by atoms with van der Waals surface area (Å²) in [4.78, 5) is 0. The van der Waals surface area contributed by atoms with Crippen molar-refractivity contribution in [2.45, 2.75) is 37.0 Å². The van der Waals surface area contributed by atoms with Crippen LogP contribution in [0, 0.1) is 3.57 Å². The van der Waals surface area contributed by atoms with Gasteiger partial charge in [-0.05, 0) is 60.1 Å². The van der Waals surface area contributed by atoms with E-state index >= 15 is 0 Å². The van der Waals surface area contributed by atoms with Gasteiger partial charge in [-0.2, -0.15) is 0 Å². The van der Waals surface area contributed by atoms with Gasteiger partial charge in [-0.3, -0.25) is 0 Å². The van der Waals surface area contributed by atoms with Crippen LogP contribution in [0.25, 0.3) is 0 Å². The quantitative estimate of drug-likeness (QED) is 0.768. The Kier molecular flexibility index (Phi) is 5.00. The van der Waals surface area contributed by atoms with Crippen molar-refractivity contribution in [2.75, 3.05) is 11.6 Å². The molecule has 1 saturated carbocycles. The Bertz CT molecular complexity index is 562. The lowest BCUT2D eigenvalue weighted by atomic mass is 9.95. The second-order valence-corrected chi connectivity index (χ2v) is 9.06. The van der Waals surface area contributed by atoms with Gasteiger partial charge in [0.2, 0.25) is 0 Å². The van der Waals surface area contributed by atoms with Gasteiger partial charge in [0.05, 0.1) is 16.0 Å². The molecule has 1 N–H and O–H groups in total. The third-order valence-corrected chi connectivity index (χ3v) is 6.15. The Hall–Kier alpha value is -0.0100. The van der Waals surface area contributed by atoms with Gasteiger partial charge in [-0.1, -0.05) is 18.0 Å². The maximum absolute atomic E-state index is 11.6. The molecule has 0 spiro atoms. The van der Waals surface area contributed by atoms with Crippen LogP contribution in [-0.2, 0) is 9.84 Å². The Morgan fingerprint density at radius 3 is 2.74 bits per heavy atom. The molecule has 2 atom stereocenters. The molecule has 1 fully saturated rings. The van der Waals surface area contributed by atoms with Gasteiger partial charge < -0.3 is 5.32 Å². The normalized spacial score (nSPS) is 24.2. The van der Waals surface area contributed by atoms with E-state index < -0.39 is 9.84 Å². The summed E-state index contributed by atoms with van der Waals surface area (Å²) in [5, 5.41) is 3.85. The van der Waals surface area contributed by atoms with E-state index in [-0.39, 0.29) is 11.3 Å². The summed E-state index contributed by atoms with van der Waals surface area (Å²) in [5.41, 5.74) is 0.890. The van der Waals surface area contributed by atoms with E-state index in [2.05, 4.69) is 27.9 Å². The van der Waals surface area contributed by atoms with Crippen molar-refractivity contribution in [1.82, 2.24) is 0 Å². The number of anilines is 1. The average molecular weight is 414 g/mol. The van der Waals surface area contributed by atoms with Crippen LogP contribution in [0.5, 0.6) is 0 Å². The third-order valence-electron chi connectivity index (χ3n) is 3.52. The molecule has 0 radical (unpaired) electrons. The van der Waals surface area contributed by atoms with Crippen LogP contribution in [0.15, 0.2) is 18.2 Å². The number of hydrogen-bond donors (Lipinski definition) is 1. The molecule has 1 aliphatic carbocycles. The molecule has 19 heavy (non-hydrogen) atoms. The molecule has 2 unspecified atom stereocenters. The fourth-order valence-corrected chi connectivity index (χ4v) is 4.58. The zero-order chi connectivity index (χ0) is 14.0. The van der Waals surface area contributed by atoms with Crippen LogP contribution >= 0.6 is 34.2 Å². The Morgan fingerprint density at radius 2 is 2.11 bits per heavy atom. The van der Waals surface area contributed by atoms with Crippen molar-refractivity contribution < 1.29 is 8.42 Å². The van der Waals surface area contributed by atoms with Crippen LogP contribution in [0.3, 0.4) is 0 Å². The topological polar surface area (TPSA) is 46.2 Å². The summed E-state index contributed by atoms with van der Waals surface area (Å²) in [6, 6.07) is 6.03. The van der Waals surface area contributed by atoms with Crippen LogP contribution in [0.4, 0.5) is 5.69 Å². The second-order valence-electron chi connectivity index (χ2n) is 5.08. The number of sulfone groups is 1. The molecule has 0 bridgehead atoms. The largest absolute Gasteiger partial charge is 0.381 e. The highest BCUT2D eigenvalue weighted by molar-refractivity contribution is 14.1. The van der Waals surface area contributed by atoms with E-state index in [1.165, 1.54) is 6.26 Å². The minimum atomic E-state index is -2.94. The summed E-state index contributed by atoms with van der Waals surface area (Å²) in [7, 11) is -2.94. The molecule has 0 aromatic heterocycles. The molecule has 3 nitrogen and oxygen atoms in total. The first kappa shape index (κ1) is 15.4. The van der Waals surface area contributed by atoms with Gasteiger partial charge in [0, 0.05) is 15.9 Å². The number of nitrogens with one attached hydrogen (secondary N) is 1. The molecular weight excluding hydrogens is 397 g/mol. The van der Waals surface area contributed by atoms with Crippen molar-refractivity contribution in [3.8, 4) is 0 Å². The molecule has 1 aromatic carbocycles. The van der Waals surface area contributed by atoms with Crippen molar-refractivity contribution in [1.29, 1.82) is 0 Å². The smallest absolute Gasteiger partial charge is 0.150 e. The summed E-state index contributed by atoms with van der Waals surface area (Å²) in [6.45, 7) is 0. The van der Waals surface area contributed by atoms with Gasteiger partial charge in [0.25, 0.3) is 0 Å². The SMILES string of the molecule is CS(=O)(=O)C1CCCC(Nc2ccc(I)cc2Cl)C1. The molecular formula is C13H17ClINO2S. The maximum atomic E-state index is 11.6. The molecule has 0 saturated heterocycles. The number of rotatable bonds is 3. The fraction of sp³-hybridized carbons (Fsp3) is 0.538. The summed E-state index contributed by atoms with van der Waals surface area (Å²) in [6.07, 6.45) is 4.71. The molecule has 0 aliphatic heterocycles. The third kappa shape index (κ3) is 4.23. The first-order chi connectivity index (χ1) is 8.86. The van der Waals surface area contributed by atoms with Gasteiger partial charge in [-0.25, -0.2) is 8.42 Å². The number of benzene rings is 1. The summed E-state index contributed by atoms with van der Waals surface area (Å²) >= 11 is 8.40. The van der Waals surface area contributed by atoms with Crippen molar-refractivity contribution >= 4 is 49.7 Å². The predicted molar refractivity (Wildman–Crippen MR) is 88.7 cm³/mol. The predicted octanol–water partition coefficient (Wildman–Crippen LogP) is 3.71. The molecule has 2 rings (SSSR count). The Morgan fingerprint density at radius 1 is 1.37 bits per heavy atom. The van der Waals surface area contributed by atoms with Crippen LogP contribution < -0.4 is 5.32 Å². The standard InChI is InChI=1S/C13H17ClINO2S/c1-19(17,18)11-4-2-3-10(8-11)16-13-6-5-9(15)7-12(13)14/h5-7,10-11,16H,2-4,8H2,1H3. The monoisotopic (exact) mass is 413 g/mol. The highest BCUT2D eigenvalue weighted by Crippen LogP contribution is 2.30. The highest BCUT2D eigenvalue weighted by atomic mass is 127.